The van der Waals surface area contributed by atoms with Crippen molar-refractivity contribution in [2.45, 2.75) is 31.1 Å². The fourth-order valence-electron chi connectivity index (χ4n) is 4.62. The summed E-state index contributed by atoms with van der Waals surface area (Å²) in [7, 11) is 0. The van der Waals surface area contributed by atoms with Crippen molar-refractivity contribution in [2.24, 2.45) is 0 Å². The van der Waals surface area contributed by atoms with Crippen LogP contribution in [0, 0.1) is 0 Å². The van der Waals surface area contributed by atoms with Gasteiger partial charge in [0.15, 0.2) is 5.79 Å². The molecular weight excluding hydrogens is 368 g/mol. The van der Waals surface area contributed by atoms with Crippen molar-refractivity contribution in [3.63, 3.8) is 0 Å². The number of hydrogen-bond donors (Lipinski definition) is 0. The first-order chi connectivity index (χ1) is 14.2. The van der Waals surface area contributed by atoms with Crippen molar-refractivity contribution in [1.82, 2.24) is 4.90 Å². The van der Waals surface area contributed by atoms with Gasteiger partial charge in [-0.15, -0.1) is 0 Å². The minimum Gasteiger partial charge on any atom is -0.347 e. The molecule has 2 aromatic carbocycles. The number of carbonyl (C=O) groups excluding carboxylic acids is 2. The van der Waals surface area contributed by atoms with Gasteiger partial charge in [0, 0.05) is 43.6 Å². The van der Waals surface area contributed by atoms with E-state index in [1.54, 1.807) is 17.0 Å². The molecule has 0 saturated carbocycles. The summed E-state index contributed by atoms with van der Waals surface area (Å²) in [5.74, 6) is -0.655. The minimum absolute atomic E-state index is 0.00155. The lowest BCUT2D eigenvalue weighted by atomic mass is 10.0. The van der Waals surface area contributed by atoms with Crippen molar-refractivity contribution < 1.29 is 19.1 Å². The summed E-state index contributed by atoms with van der Waals surface area (Å²) >= 11 is 0. The molecule has 0 aliphatic carbocycles. The molecule has 1 atom stereocenters. The second-order valence-electron chi connectivity index (χ2n) is 7.82. The molecule has 0 bridgehead atoms. The Labute approximate surface area is 170 Å². The molecule has 3 aliphatic heterocycles. The normalized spacial score (nSPS) is 22.7. The number of nitrogens with zero attached hydrogens (tertiary/aromatic N) is 2. The molecule has 1 spiro atoms. The largest absolute Gasteiger partial charge is 0.347 e. The number of carbonyl (C=O) groups is 2. The Kier molecular flexibility index (Phi) is 4.60. The average Bonchev–Trinajstić information content (AvgIpc) is 3.39. The molecule has 2 fully saturated rings. The number of piperidine rings is 1. The number of amides is 2. The van der Waals surface area contributed by atoms with Crippen LogP contribution in [-0.2, 0) is 20.7 Å². The van der Waals surface area contributed by atoms with Crippen LogP contribution in [-0.4, -0.2) is 54.8 Å². The molecule has 2 aromatic rings. The number of ether oxygens (including phenoxy) is 2. The van der Waals surface area contributed by atoms with Gasteiger partial charge >= 0.3 is 0 Å². The maximum Gasteiger partial charge on any atom is 0.259 e. The van der Waals surface area contributed by atoms with Crippen molar-refractivity contribution in [1.29, 1.82) is 0 Å². The minimum atomic E-state index is -0.519. The predicted molar refractivity (Wildman–Crippen MR) is 108 cm³/mol. The average molecular weight is 392 g/mol. The van der Waals surface area contributed by atoms with E-state index in [9.17, 15) is 9.59 Å². The number of likely N-dealkylation sites (tertiary alicyclic amines) is 1. The van der Waals surface area contributed by atoms with Crippen molar-refractivity contribution in [2.75, 3.05) is 31.2 Å². The number of hydrogen-bond acceptors (Lipinski definition) is 4. The van der Waals surface area contributed by atoms with Gasteiger partial charge in [-0.05, 0) is 23.8 Å². The van der Waals surface area contributed by atoms with E-state index in [0.29, 0.717) is 51.1 Å². The summed E-state index contributed by atoms with van der Waals surface area (Å²) in [5, 5.41) is 0. The van der Waals surface area contributed by atoms with E-state index in [-0.39, 0.29) is 11.8 Å². The van der Waals surface area contributed by atoms with Crippen molar-refractivity contribution in [3.8, 4) is 0 Å². The van der Waals surface area contributed by atoms with E-state index < -0.39 is 11.8 Å². The summed E-state index contributed by atoms with van der Waals surface area (Å²) in [4.78, 5) is 30.3. The van der Waals surface area contributed by atoms with Crippen LogP contribution in [0.1, 0.15) is 28.8 Å². The standard InChI is InChI=1S/C23H24N2O4/c26-21(17-6-2-1-3-7-17)25-19-9-5-4-8-18(19)16-20(25)22(27)24-12-10-23(11-13-24)28-14-15-29-23/h1-9,20H,10-16H2. The van der Waals surface area contributed by atoms with E-state index in [0.717, 1.165) is 11.3 Å². The smallest absolute Gasteiger partial charge is 0.259 e. The van der Waals surface area contributed by atoms with E-state index >= 15 is 0 Å². The highest BCUT2D eigenvalue weighted by molar-refractivity contribution is 6.11. The molecule has 150 valence electrons. The molecule has 3 aliphatic rings. The summed E-state index contributed by atoms with van der Waals surface area (Å²) in [6, 6.07) is 16.4. The van der Waals surface area contributed by atoms with Crippen molar-refractivity contribution >= 4 is 17.5 Å². The second-order valence-corrected chi connectivity index (χ2v) is 7.82. The van der Waals surface area contributed by atoms with Gasteiger partial charge in [0.2, 0.25) is 5.91 Å². The van der Waals surface area contributed by atoms with E-state index in [1.807, 2.05) is 47.4 Å². The lowest BCUT2D eigenvalue weighted by Gasteiger charge is -2.39. The highest BCUT2D eigenvalue weighted by Gasteiger charge is 2.45. The van der Waals surface area contributed by atoms with Crippen LogP contribution in [0.15, 0.2) is 54.6 Å². The first kappa shape index (κ1) is 18.3. The molecular formula is C23H24N2O4. The fraction of sp³-hybridized carbons (Fsp3) is 0.391. The second kappa shape index (κ2) is 7.28. The Balaban J connectivity index is 1.40. The number of benzene rings is 2. The number of anilines is 1. The predicted octanol–water partition coefficient (Wildman–Crippen LogP) is 2.62. The van der Waals surface area contributed by atoms with Crippen LogP contribution in [0.4, 0.5) is 5.69 Å². The van der Waals surface area contributed by atoms with Gasteiger partial charge in [-0.2, -0.15) is 0 Å². The SMILES string of the molecule is O=C(C1Cc2ccccc2N1C(=O)c1ccccc1)N1CCC2(CC1)OCCO2. The Morgan fingerprint density at radius 3 is 2.28 bits per heavy atom. The first-order valence-electron chi connectivity index (χ1n) is 10.2. The van der Waals surface area contributed by atoms with Gasteiger partial charge in [-0.3, -0.25) is 14.5 Å². The molecule has 2 saturated heterocycles. The van der Waals surface area contributed by atoms with Gasteiger partial charge in [0.1, 0.15) is 6.04 Å². The fourth-order valence-corrected chi connectivity index (χ4v) is 4.62. The quantitative estimate of drug-likeness (QED) is 0.788. The maximum absolute atomic E-state index is 13.5. The third kappa shape index (κ3) is 3.22. The lowest BCUT2D eigenvalue weighted by Crippen LogP contribution is -2.54. The number of para-hydroxylation sites is 1. The molecule has 2 amide bonds. The van der Waals surface area contributed by atoms with Gasteiger partial charge in [-0.1, -0.05) is 36.4 Å². The van der Waals surface area contributed by atoms with Gasteiger partial charge in [0.05, 0.1) is 13.2 Å². The zero-order valence-electron chi connectivity index (χ0n) is 16.3. The van der Waals surface area contributed by atoms with E-state index in [4.69, 9.17) is 9.47 Å². The summed E-state index contributed by atoms with van der Waals surface area (Å²) < 4.78 is 11.6. The third-order valence-electron chi connectivity index (χ3n) is 6.15. The molecule has 0 radical (unpaired) electrons. The molecule has 29 heavy (non-hydrogen) atoms. The number of fused-ring (bicyclic) bond motifs is 1. The van der Waals surface area contributed by atoms with Crippen LogP contribution < -0.4 is 4.90 Å². The Hall–Kier alpha value is -2.70. The molecule has 1 unspecified atom stereocenters. The molecule has 0 N–H and O–H groups in total. The topological polar surface area (TPSA) is 59.1 Å². The van der Waals surface area contributed by atoms with Crippen molar-refractivity contribution in [3.05, 3.63) is 65.7 Å². The van der Waals surface area contributed by atoms with E-state index in [2.05, 4.69) is 0 Å². The highest BCUT2D eigenvalue weighted by Crippen LogP contribution is 2.36. The van der Waals surface area contributed by atoms with Gasteiger partial charge in [-0.25, -0.2) is 0 Å². The maximum atomic E-state index is 13.5. The monoisotopic (exact) mass is 392 g/mol. The van der Waals surface area contributed by atoms with Gasteiger partial charge < -0.3 is 14.4 Å². The molecule has 3 heterocycles. The molecule has 6 heteroatoms. The van der Waals surface area contributed by atoms with Crippen LogP contribution >= 0.6 is 0 Å². The number of rotatable bonds is 2. The molecule has 0 aromatic heterocycles. The molecule has 5 rings (SSSR count). The molecule has 6 nitrogen and oxygen atoms in total. The summed E-state index contributed by atoms with van der Waals surface area (Å²) in [5.41, 5.74) is 2.45. The van der Waals surface area contributed by atoms with Crippen LogP contribution in [0.25, 0.3) is 0 Å². The first-order valence-corrected chi connectivity index (χ1v) is 10.2. The zero-order chi connectivity index (χ0) is 19.8. The third-order valence-corrected chi connectivity index (χ3v) is 6.15. The summed E-state index contributed by atoms with van der Waals surface area (Å²) in [6.07, 6.45) is 1.89. The van der Waals surface area contributed by atoms with Gasteiger partial charge in [0.25, 0.3) is 5.91 Å². The highest BCUT2D eigenvalue weighted by atomic mass is 16.7. The van der Waals surface area contributed by atoms with Crippen LogP contribution in [0.2, 0.25) is 0 Å². The zero-order valence-corrected chi connectivity index (χ0v) is 16.3. The van der Waals surface area contributed by atoms with E-state index in [1.165, 1.54) is 0 Å². The van der Waals surface area contributed by atoms with Crippen LogP contribution in [0.3, 0.4) is 0 Å². The lowest BCUT2D eigenvalue weighted by molar-refractivity contribution is -0.187. The Bertz CT molecular complexity index is 913. The summed E-state index contributed by atoms with van der Waals surface area (Å²) in [6.45, 7) is 2.40. The van der Waals surface area contributed by atoms with Crippen LogP contribution in [0.5, 0.6) is 0 Å². The Morgan fingerprint density at radius 2 is 1.55 bits per heavy atom. The Morgan fingerprint density at radius 1 is 0.897 bits per heavy atom.